The molecule has 0 aromatic rings. The summed E-state index contributed by atoms with van der Waals surface area (Å²) in [5, 5.41) is 0. The molecule has 3 atom stereocenters. The number of imide groups is 1. The lowest BCUT2D eigenvalue weighted by molar-refractivity contribution is -0.141. The van der Waals surface area contributed by atoms with Gasteiger partial charge >= 0.3 is 0 Å². The van der Waals surface area contributed by atoms with Gasteiger partial charge in [-0.05, 0) is 19.3 Å². The van der Waals surface area contributed by atoms with Gasteiger partial charge in [-0.2, -0.15) is 0 Å². The van der Waals surface area contributed by atoms with E-state index in [9.17, 15) is 9.59 Å². The summed E-state index contributed by atoms with van der Waals surface area (Å²) < 4.78 is 0. The van der Waals surface area contributed by atoms with Gasteiger partial charge in [0, 0.05) is 0 Å². The first-order valence-corrected chi connectivity index (χ1v) is 5.68. The van der Waals surface area contributed by atoms with E-state index in [0.717, 1.165) is 0 Å². The SMILES string of the molecule is C#CC(CC)N1C(=O)C2CC=CCC2C1=O. The quantitative estimate of drug-likeness (QED) is 0.398. The first-order valence-electron chi connectivity index (χ1n) is 5.68. The number of terminal acetylenes is 1. The summed E-state index contributed by atoms with van der Waals surface area (Å²) in [5.41, 5.74) is 0. The van der Waals surface area contributed by atoms with Gasteiger partial charge in [-0.3, -0.25) is 14.5 Å². The van der Waals surface area contributed by atoms with E-state index >= 15 is 0 Å². The van der Waals surface area contributed by atoms with Crippen LogP contribution in [0.3, 0.4) is 0 Å². The third-order valence-electron chi connectivity index (χ3n) is 3.43. The molecule has 0 N–H and O–H groups in total. The normalized spacial score (nSPS) is 30.1. The summed E-state index contributed by atoms with van der Waals surface area (Å²) in [6, 6.07) is -0.370. The highest BCUT2D eigenvalue weighted by atomic mass is 16.2. The Labute approximate surface area is 95.5 Å². The molecule has 1 saturated heterocycles. The molecule has 2 aliphatic rings. The monoisotopic (exact) mass is 217 g/mol. The molecular weight excluding hydrogens is 202 g/mol. The lowest BCUT2D eigenvalue weighted by Gasteiger charge is -2.20. The smallest absolute Gasteiger partial charge is 0.234 e. The van der Waals surface area contributed by atoms with Gasteiger partial charge in [0.05, 0.1) is 11.8 Å². The summed E-state index contributed by atoms with van der Waals surface area (Å²) in [5.74, 6) is 2.04. The lowest BCUT2D eigenvalue weighted by atomic mass is 9.85. The predicted octanol–water partition coefficient (Wildman–Crippen LogP) is 1.35. The highest BCUT2D eigenvalue weighted by Crippen LogP contribution is 2.36. The average molecular weight is 217 g/mol. The molecule has 0 aromatic heterocycles. The van der Waals surface area contributed by atoms with Crippen molar-refractivity contribution in [3.8, 4) is 12.3 Å². The van der Waals surface area contributed by atoms with Gasteiger partial charge < -0.3 is 0 Å². The van der Waals surface area contributed by atoms with E-state index in [0.29, 0.717) is 19.3 Å². The van der Waals surface area contributed by atoms with Crippen LogP contribution in [-0.2, 0) is 9.59 Å². The summed E-state index contributed by atoms with van der Waals surface area (Å²) in [6.07, 6.45) is 11.3. The van der Waals surface area contributed by atoms with Crippen molar-refractivity contribution in [2.75, 3.05) is 0 Å². The van der Waals surface area contributed by atoms with Crippen molar-refractivity contribution in [2.24, 2.45) is 11.8 Å². The van der Waals surface area contributed by atoms with Gasteiger partial charge in [0.15, 0.2) is 0 Å². The molecule has 1 fully saturated rings. The minimum atomic E-state index is -0.370. The Balaban J connectivity index is 2.28. The number of hydrogen-bond donors (Lipinski definition) is 0. The maximum Gasteiger partial charge on any atom is 0.234 e. The zero-order valence-electron chi connectivity index (χ0n) is 9.35. The second kappa shape index (κ2) is 4.13. The highest BCUT2D eigenvalue weighted by molar-refractivity contribution is 6.06. The second-order valence-corrected chi connectivity index (χ2v) is 4.29. The van der Waals surface area contributed by atoms with Crippen LogP contribution < -0.4 is 0 Å². The molecule has 3 heteroatoms. The maximum atomic E-state index is 12.1. The van der Waals surface area contributed by atoms with E-state index in [4.69, 9.17) is 6.42 Å². The number of fused-ring (bicyclic) bond motifs is 1. The number of likely N-dealkylation sites (tertiary alicyclic amines) is 1. The molecule has 2 rings (SSSR count). The molecule has 0 radical (unpaired) electrons. The molecule has 0 aromatic carbocycles. The summed E-state index contributed by atoms with van der Waals surface area (Å²) in [7, 11) is 0. The molecule has 0 spiro atoms. The lowest BCUT2D eigenvalue weighted by Crippen LogP contribution is -2.39. The molecule has 1 aliphatic carbocycles. The second-order valence-electron chi connectivity index (χ2n) is 4.29. The van der Waals surface area contributed by atoms with Gasteiger partial charge in [0.1, 0.15) is 6.04 Å². The van der Waals surface area contributed by atoms with Crippen LogP contribution in [-0.4, -0.2) is 22.8 Å². The van der Waals surface area contributed by atoms with Crippen molar-refractivity contribution in [1.29, 1.82) is 0 Å². The van der Waals surface area contributed by atoms with Crippen LogP contribution in [0.15, 0.2) is 12.2 Å². The summed E-state index contributed by atoms with van der Waals surface area (Å²) in [4.78, 5) is 25.5. The summed E-state index contributed by atoms with van der Waals surface area (Å²) in [6.45, 7) is 1.89. The van der Waals surface area contributed by atoms with E-state index in [2.05, 4.69) is 5.92 Å². The number of amides is 2. The zero-order chi connectivity index (χ0) is 11.7. The third-order valence-corrected chi connectivity index (χ3v) is 3.43. The first kappa shape index (κ1) is 10.9. The Morgan fingerprint density at radius 3 is 2.25 bits per heavy atom. The van der Waals surface area contributed by atoms with Crippen LogP contribution in [0.4, 0.5) is 0 Å². The van der Waals surface area contributed by atoms with Crippen molar-refractivity contribution in [1.82, 2.24) is 4.90 Å². The van der Waals surface area contributed by atoms with Crippen molar-refractivity contribution in [3.63, 3.8) is 0 Å². The van der Waals surface area contributed by atoms with E-state index in [1.54, 1.807) is 0 Å². The Kier molecular flexibility index (Phi) is 2.82. The number of rotatable bonds is 2. The number of hydrogen-bond acceptors (Lipinski definition) is 2. The van der Waals surface area contributed by atoms with Crippen molar-refractivity contribution in [2.45, 2.75) is 32.2 Å². The topological polar surface area (TPSA) is 37.4 Å². The van der Waals surface area contributed by atoms with Crippen LogP contribution in [0.25, 0.3) is 0 Å². The van der Waals surface area contributed by atoms with Crippen LogP contribution in [0, 0.1) is 24.2 Å². The first-order chi connectivity index (χ1) is 7.70. The minimum Gasteiger partial charge on any atom is -0.274 e. The van der Waals surface area contributed by atoms with Gasteiger partial charge in [0.25, 0.3) is 0 Å². The Morgan fingerprint density at radius 1 is 1.38 bits per heavy atom. The van der Waals surface area contributed by atoms with E-state index in [1.807, 2.05) is 19.1 Å². The molecule has 1 aliphatic heterocycles. The number of carbonyl (C=O) groups excluding carboxylic acids is 2. The predicted molar refractivity (Wildman–Crippen MR) is 60.1 cm³/mol. The molecule has 0 bridgehead atoms. The van der Waals surface area contributed by atoms with Gasteiger partial charge in [-0.15, -0.1) is 6.42 Å². The molecular formula is C13H15NO2. The number of nitrogens with zero attached hydrogens (tertiary/aromatic N) is 1. The standard InChI is InChI=1S/C13H15NO2/c1-3-9(4-2)14-12(15)10-7-5-6-8-11(10)13(14)16/h1,5-6,9-11H,4,7-8H2,2H3. The fraction of sp³-hybridized carbons (Fsp3) is 0.538. The molecule has 2 amide bonds. The number of allylic oxidation sites excluding steroid dienone is 2. The van der Waals surface area contributed by atoms with Crippen LogP contribution in [0.5, 0.6) is 0 Å². The van der Waals surface area contributed by atoms with Crippen molar-refractivity contribution < 1.29 is 9.59 Å². The molecule has 84 valence electrons. The molecule has 3 unspecified atom stereocenters. The van der Waals surface area contributed by atoms with Gasteiger partial charge in [-0.1, -0.05) is 25.0 Å². The fourth-order valence-electron chi connectivity index (χ4n) is 2.51. The van der Waals surface area contributed by atoms with Crippen molar-refractivity contribution >= 4 is 11.8 Å². The van der Waals surface area contributed by atoms with E-state index < -0.39 is 0 Å². The van der Waals surface area contributed by atoms with Crippen LogP contribution in [0.2, 0.25) is 0 Å². The Morgan fingerprint density at radius 2 is 1.88 bits per heavy atom. The van der Waals surface area contributed by atoms with Gasteiger partial charge in [-0.25, -0.2) is 0 Å². The highest BCUT2D eigenvalue weighted by Gasteiger charge is 2.48. The average Bonchev–Trinajstić information content (AvgIpc) is 2.57. The maximum absolute atomic E-state index is 12.1. The third kappa shape index (κ3) is 1.46. The number of carbonyl (C=O) groups is 2. The Hall–Kier alpha value is -1.56. The summed E-state index contributed by atoms with van der Waals surface area (Å²) >= 11 is 0. The van der Waals surface area contributed by atoms with Crippen molar-refractivity contribution in [3.05, 3.63) is 12.2 Å². The molecule has 1 heterocycles. The Bertz CT molecular complexity index is 365. The minimum absolute atomic E-state index is 0.0795. The van der Waals surface area contributed by atoms with Gasteiger partial charge in [0.2, 0.25) is 11.8 Å². The van der Waals surface area contributed by atoms with E-state index in [-0.39, 0.29) is 29.7 Å². The van der Waals surface area contributed by atoms with Crippen LogP contribution in [0.1, 0.15) is 26.2 Å². The largest absolute Gasteiger partial charge is 0.274 e. The van der Waals surface area contributed by atoms with Crippen LogP contribution >= 0.6 is 0 Å². The molecule has 3 nitrogen and oxygen atoms in total. The molecule has 0 saturated carbocycles. The molecule has 16 heavy (non-hydrogen) atoms. The van der Waals surface area contributed by atoms with E-state index in [1.165, 1.54) is 4.90 Å². The fourth-order valence-corrected chi connectivity index (χ4v) is 2.51. The zero-order valence-corrected chi connectivity index (χ0v) is 9.35.